The maximum atomic E-state index is 11.7. The molecule has 0 unspecified atom stereocenters. The molecule has 0 amide bonds. The van der Waals surface area contributed by atoms with E-state index in [1.807, 2.05) is 30.3 Å². The van der Waals surface area contributed by atoms with Gasteiger partial charge in [-0.3, -0.25) is 9.59 Å². The van der Waals surface area contributed by atoms with E-state index in [0.29, 0.717) is 6.42 Å². The highest BCUT2D eigenvalue weighted by atomic mass is 32.2. The van der Waals surface area contributed by atoms with Gasteiger partial charge in [-0.1, -0.05) is 24.3 Å². The summed E-state index contributed by atoms with van der Waals surface area (Å²) in [5.74, 6) is -0.137. The molecule has 4 heteroatoms. The highest BCUT2D eigenvalue weighted by molar-refractivity contribution is 8.04. The molecule has 1 atom stereocenters. The van der Waals surface area contributed by atoms with Gasteiger partial charge in [0.15, 0.2) is 5.78 Å². The van der Waals surface area contributed by atoms with Crippen molar-refractivity contribution in [2.24, 2.45) is 0 Å². The summed E-state index contributed by atoms with van der Waals surface area (Å²) in [6.45, 7) is 1.66. The molecule has 0 spiro atoms. The molecule has 2 rings (SSSR count). The lowest BCUT2D eigenvalue weighted by Gasteiger charge is -2.12. The van der Waals surface area contributed by atoms with Crippen LogP contribution in [0, 0.1) is 0 Å². The number of Topliss-reactive ketones (excluding diaryl/α,β-unsaturated/α-hetero) is 1. The molecular weight excluding hydrogens is 260 g/mol. The zero-order chi connectivity index (χ0) is 13.8. The zero-order valence-corrected chi connectivity index (χ0v) is 11.6. The molecule has 1 fully saturated rings. The number of carboxylic acid groups (broad SMARTS) is 1. The summed E-state index contributed by atoms with van der Waals surface area (Å²) in [6.07, 6.45) is 3.48. The summed E-state index contributed by atoms with van der Waals surface area (Å²) in [7, 11) is 0. The van der Waals surface area contributed by atoms with Gasteiger partial charge in [0.2, 0.25) is 0 Å². The van der Waals surface area contributed by atoms with Crippen LogP contribution in [0.3, 0.4) is 0 Å². The molecule has 1 N–H and O–H groups in total. The van der Waals surface area contributed by atoms with Crippen LogP contribution in [0.15, 0.2) is 29.2 Å². The number of aliphatic carboxylic acids is 1. The first-order chi connectivity index (χ1) is 9.08. The van der Waals surface area contributed by atoms with E-state index in [1.54, 1.807) is 18.7 Å². The van der Waals surface area contributed by atoms with E-state index in [9.17, 15) is 9.59 Å². The van der Waals surface area contributed by atoms with Crippen LogP contribution in [0.1, 0.15) is 36.8 Å². The Morgan fingerprint density at radius 3 is 2.63 bits per heavy atom. The van der Waals surface area contributed by atoms with Gasteiger partial charge in [-0.2, -0.15) is 0 Å². The SMILES string of the molecule is C[C@@H](C(=O)O)c1ccc(/C=C2\SCCCC2=O)cc1. The number of hydrogen-bond donors (Lipinski definition) is 1. The second-order valence-electron chi connectivity index (χ2n) is 4.61. The van der Waals surface area contributed by atoms with Crippen molar-refractivity contribution in [1.82, 2.24) is 0 Å². The molecule has 0 saturated carbocycles. The van der Waals surface area contributed by atoms with E-state index in [2.05, 4.69) is 0 Å². The van der Waals surface area contributed by atoms with Crippen molar-refractivity contribution >= 4 is 29.6 Å². The number of carbonyl (C=O) groups excluding carboxylic acids is 1. The largest absolute Gasteiger partial charge is 0.481 e. The second kappa shape index (κ2) is 6.06. The third kappa shape index (κ3) is 3.47. The summed E-state index contributed by atoms with van der Waals surface area (Å²) in [5.41, 5.74) is 1.72. The molecule has 19 heavy (non-hydrogen) atoms. The first kappa shape index (κ1) is 13.9. The topological polar surface area (TPSA) is 54.4 Å². The number of carbonyl (C=O) groups is 2. The van der Waals surface area contributed by atoms with E-state index < -0.39 is 11.9 Å². The molecule has 100 valence electrons. The first-order valence-electron chi connectivity index (χ1n) is 6.28. The molecule has 1 aromatic carbocycles. The number of carboxylic acids is 1. The van der Waals surface area contributed by atoms with Gasteiger partial charge in [0.05, 0.1) is 10.8 Å². The number of thioether (sulfide) groups is 1. The standard InChI is InChI=1S/C15H16O3S/c1-10(15(17)18)12-6-4-11(5-7-12)9-14-13(16)3-2-8-19-14/h4-7,9-10H,2-3,8H2,1H3,(H,17,18)/b14-9-/t10-/m1/s1. The second-order valence-corrected chi connectivity index (χ2v) is 5.75. The van der Waals surface area contributed by atoms with Gasteiger partial charge in [-0.05, 0) is 36.3 Å². The van der Waals surface area contributed by atoms with E-state index >= 15 is 0 Å². The fourth-order valence-electron chi connectivity index (χ4n) is 1.92. The predicted octanol–water partition coefficient (Wildman–Crippen LogP) is 3.31. The van der Waals surface area contributed by atoms with Crippen molar-refractivity contribution in [3.8, 4) is 0 Å². The number of allylic oxidation sites excluding steroid dienone is 1. The third-order valence-electron chi connectivity index (χ3n) is 3.19. The Balaban J connectivity index is 2.16. The molecular formula is C15H16O3S. The Bertz CT molecular complexity index is 517. The van der Waals surface area contributed by atoms with E-state index in [4.69, 9.17) is 5.11 Å². The molecule has 0 radical (unpaired) electrons. The fourth-order valence-corrected chi connectivity index (χ4v) is 2.91. The van der Waals surface area contributed by atoms with Gasteiger partial charge in [-0.25, -0.2) is 0 Å². The van der Waals surface area contributed by atoms with Crippen molar-refractivity contribution in [2.45, 2.75) is 25.7 Å². The number of benzene rings is 1. The number of hydrogen-bond acceptors (Lipinski definition) is 3. The highest BCUT2D eigenvalue weighted by Gasteiger charge is 2.16. The highest BCUT2D eigenvalue weighted by Crippen LogP contribution is 2.28. The zero-order valence-electron chi connectivity index (χ0n) is 10.8. The van der Waals surface area contributed by atoms with Crippen molar-refractivity contribution in [2.75, 3.05) is 5.75 Å². The summed E-state index contributed by atoms with van der Waals surface area (Å²) in [6, 6.07) is 7.35. The van der Waals surface area contributed by atoms with Crippen molar-refractivity contribution in [3.63, 3.8) is 0 Å². The summed E-state index contributed by atoms with van der Waals surface area (Å²) >= 11 is 1.60. The maximum absolute atomic E-state index is 11.7. The van der Waals surface area contributed by atoms with Crippen LogP contribution in [0.4, 0.5) is 0 Å². The minimum Gasteiger partial charge on any atom is -0.481 e. The average molecular weight is 276 g/mol. The maximum Gasteiger partial charge on any atom is 0.310 e. The van der Waals surface area contributed by atoms with Crippen LogP contribution in [-0.4, -0.2) is 22.6 Å². The molecule has 0 aromatic heterocycles. The molecule has 1 heterocycles. The summed E-state index contributed by atoms with van der Waals surface area (Å²) < 4.78 is 0. The Labute approximate surface area is 116 Å². The molecule has 1 saturated heterocycles. The summed E-state index contributed by atoms with van der Waals surface area (Å²) in [4.78, 5) is 23.4. The molecule has 1 aliphatic rings. The van der Waals surface area contributed by atoms with Crippen LogP contribution >= 0.6 is 11.8 Å². The van der Waals surface area contributed by atoms with Gasteiger partial charge in [0.25, 0.3) is 0 Å². The Kier molecular flexibility index (Phi) is 4.43. The lowest BCUT2D eigenvalue weighted by Crippen LogP contribution is -2.07. The van der Waals surface area contributed by atoms with E-state index in [0.717, 1.165) is 28.2 Å². The smallest absolute Gasteiger partial charge is 0.310 e. The van der Waals surface area contributed by atoms with Gasteiger partial charge in [-0.15, -0.1) is 11.8 Å². The monoisotopic (exact) mass is 276 g/mol. The van der Waals surface area contributed by atoms with E-state index in [1.165, 1.54) is 0 Å². The van der Waals surface area contributed by atoms with Crippen LogP contribution in [0.25, 0.3) is 6.08 Å². The van der Waals surface area contributed by atoms with Crippen molar-refractivity contribution < 1.29 is 14.7 Å². The number of ketones is 1. The summed E-state index contributed by atoms with van der Waals surface area (Å²) in [5, 5.41) is 8.94. The molecule has 0 aliphatic carbocycles. The quantitative estimate of drug-likeness (QED) is 0.860. The Hall–Kier alpha value is -1.55. The van der Waals surface area contributed by atoms with Gasteiger partial charge < -0.3 is 5.11 Å². The van der Waals surface area contributed by atoms with Crippen LogP contribution in [0.5, 0.6) is 0 Å². The first-order valence-corrected chi connectivity index (χ1v) is 7.27. The minimum atomic E-state index is -0.830. The minimum absolute atomic E-state index is 0.208. The predicted molar refractivity (Wildman–Crippen MR) is 77.2 cm³/mol. The number of rotatable bonds is 3. The Morgan fingerprint density at radius 2 is 2.05 bits per heavy atom. The van der Waals surface area contributed by atoms with Crippen molar-refractivity contribution in [1.29, 1.82) is 0 Å². The van der Waals surface area contributed by atoms with Crippen LogP contribution in [0.2, 0.25) is 0 Å². The normalized spacial score (nSPS) is 19.4. The molecule has 1 aliphatic heterocycles. The third-order valence-corrected chi connectivity index (χ3v) is 4.33. The Morgan fingerprint density at radius 1 is 1.37 bits per heavy atom. The molecule has 3 nitrogen and oxygen atoms in total. The average Bonchev–Trinajstić information content (AvgIpc) is 2.41. The van der Waals surface area contributed by atoms with Gasteiger partial charge in [0, 0.05) is 6.42 Å². The lowest BCUT2D eigenvalue weighted by molar-refractivity contribution is -0.138. The van der Waals surface area contributed by atoms with Gasteiger partial charge in [0.1, 0.15) is 0 Å². The molecule has 1 aromatic rings. The fraction of sp³-hybridized carbons (Fsp3) is 0.333. The lowest BCUT2D eigenvalue weighted by atomic mass is 10.00. The molecule has 0 bridgehead atoms. The van der Waals surface area contributed by atoms with Crippen LogP contribution in [-0.2, 0) is 9.59 Å². The van der Waals surface area contributed by atoms with Crippen molar-refractivity contribution in [3.05, 3.63) is 40.3 Å². The van der Waals surface area contributed by atoms with Gasteiger partial charge >= 0.3 is 5.97 Å². The van der Waals surface area contributed by atoms with Crippen LogP contribution < -0.4 is 0 Å². The van der Waals surface area contributed by atoms with E-state index in [-0.39, 0.29) is 5.78 Å².